The van der Waals surface area contributed by atoms with Crippen molar-refractivity contribution in [2.45, 2.75) is 18.3 Å². The van der Waals surface area contributed by atoms with Gasteiger partial charge in [0, 0.05) is 17.0 Å². The molecule has 1 aromatic heterocycles. The molecule has 0 saturated heterocycles. The second-order valence-electron chi connectivity index (χ2n) is 6.33. The molecular weight excluding hydrogens is 368 g/mol. The number of benzene rings is 2. The number of anilines is 1. The lowest BCUT2D eigenvalue weighted by Gasteiger charge is -2.20. The Morgan fingerprint density at radius 3 is 2.75 bits per heavy atom. The van der Waals surface area contributed by atoms with Crippen LogP contribution in [0.1, 0.15) is 12.5 Å². The number of thioether (sulfide) groups is 1. The van der Waals surface area contributed by atoms with Gasteiger partial charge in [0.2, 0.25) is 11.0 Å². The van der Waals surface area contributed by atoms with Gasteiger partial charge in [-0.05, 0) is 24.1 Å². The fraction of sp³-hybridized carbons (Fsp3) is 0.136. The van der Waals surface area contributed by atoms with Gasteiger partial charge in [-0.3, -0.25) is 0 Å². The molecule has 0 amide bonds. The highest BCUT2D eigenvalue weighted by molar-refractivity contribution is 7.99. The lowest BCUT2D eigenvalue weighted by Crippen LogP contribution is -2.27. The van der Waals surface area contributed by atoms with E-state index in [1.54, 1.807) is 0 Å². The van der Waals surface area contributed by atoms with E-state index in [0.717, 1.165) is 22.4 Å². The maximum atomic E-state index is 6.26. The minimum atomic E-state index is -0.364. The zero-order valence-electron chi connectivity index (χ0n) is 15.5. The van der Waals surface area contributed by atoms with Crippen molar-refractivity contribution in [1.82, 2.24) is 15.2 Å². The van der Waals surface area contributed by atoms with E-state index in [2.05, 4.69) is 45.3 Å². The van der Waals surface area contributed by atoms with E-state index >= 15 is 0 Å². The number of aromatic nitrogens is 3. The molecule has 2 heterocycles. The molecule has 0 radical (unpaired) electrons. The molecule has 6 heteroatoms. The van der Waals surface area contributed by atoms with Crippen LogP contribution in [-0.2, 0) is 0 Å². The van der Waals surface area contributed by atoms with Crippen LogP contribution >= 0.6 is 11.8 Å². The highest BCUT2D eigenvalue weighted by Gasteiger charge is 2.25. The topological polar surface area (TPSA) is 59.9 Å². The van der Waals surface area contributed by atoms with Crippen LogP contribution < -0.4 is 10.1 Å². The summed E-state index contributed by atoms with van der Waals surface area (Å²) in [6.07, 6.45) is 3.55. The smallest absolute Gasteiger partial charge is 0.247 e. The molecule has 1 aliphatic heterocycles. The van der Waals surface area contributed by atoms with Gasteiger partial charge in [-0.25, -0.2) is 0 Å². The first kappa shape index (κ1) is 18.3. The van der Waals surface area contributed by atoms with E-state index in [9.17, 15) is 0 Å². The van der Waals surface area contributed by atoms with Crippen LogP contribution in [0.5, 0.6) is 5.88 Å². The van der Waals surface area contributed by atoms with Gasteiger partial charge < -0.3 is 10.1 Å². The van der Waals surface area contributed by atoms with E-state index in [1.807, 2.05) is 55.5 Å². The molecular formula is C22H20N4OS. The average Bonchev–Trinajstić information content (AvgIpc) is 2.89. The van der Waals surface area contributed by atoms with Crippen molar-refractivity contribution in [3.63, 3.8) is 0 Å². The number of nitrogens with zero attached hydrogens (tertiary/aromatic N) is 3. The summed E-state index contributed by atoms with van der Waals surface area (Å²) in [5.41, 5.74) is 4.66. The second kappa shape index (κ2) is 8.27. The molecule has 0 saturated carbocycles. The molecule has 1 atom stereocenters. The summed E-state index contributed by atoms with van der Waals surface area (Å²) in [5.74, 6) is 1.19. The number of nitrogens with one attached hydrogen (secondary N) is 1. The SMILES string of the molecule is C=CCSc1nnc2c(n1)OC(C(C)=Cc1ccccc1)Nc1ccccc1-2. The first-order valence-electron chi connectivity index (χ1n) is 8.99. The molecule has 1 N–H and O–H groups in total. The summed E-state index contributed by atoms with van der Waals surface area (Å²) in [6, 6.07) is 18.1. The van der Waals surface area contributed by atoms with Gasteiger partial charge in [-0.1, -0.05) is 72.4 Å². The van der Waals surface area contributed by atoms with Crippen molar-refractivity contribution in [3.8, 4) is 17.1 Å². The Bertz CT molecular complexity index is 1020. The van der Waals surface area contributed by atoms with E-state index in [-0.39, 0.29) is 6.23 Å². The largest absolute Gasteiger partial charge is 0.448 e. The molecule has 2 aromatic carbocycles. The Kier molecular flexibility index (Phi) is 5.39. The number of hydrogen-bond acceptors (Lipinski definition) is 6. The van der Waals surface area contributed by atoms with E-state index < -0.39 is 0 Å². The Morgan fingerprint density at radius 1 is 1.14 bits per heavy atom. The normalized spacial score (nSPS) is 15.5. The third-order valence-corrected chi connectivity index (χ3v) is 5.10. The van der Waals surface area contributed by atoms with Crippen LogP contribution in [0.15, 0.2) is 78.0 Å². The highest BCUT2D eigenvalue weighted by Crippen LogP contribution is 2.37. The molecule has 5 nitrogen and oxygen atoms in total. The van der Waals surface area contributed by atoms with Crippen LogP contribution in [0.4, 0.5) is 5.69 Å². The Labute approximate surface area is 168 Å². The number of rotatable bonds is 5. The van der Waals surface area contributed by atoms with Crippen LogP contribution in [0.3, 0.4) is 0 Å². The van der Waals surface area contributed by atoms with E-state index in [0.29, 0.717) is 22.5 Å². The standard InChI is InChI=1S/C22H20N4OS/c1-3-13-28-22-24-21-19(25-26-22)17-11-7-8-12-18(17)23-20(27-21)15(2)14-16-9-5-4-6-10-16/h3-12,14,20,23H,1,13H2,2H3. The van der Waals surface area contributed by atoms with Gasteiger partial charge in [0.25, 0.3) is 0 Å². The Balaban J connectivity index is 1.74. The van der Waals surface area contributed by atoms with Gasteiger partial charge in [-0.2, -0.15) is 4.98 Å². The van der Waals surface area contributed by atoms with Crippen LogP contribution in [0.25, 0.3) is 17.3 Å². The minimum Gasteiger partial charge on any atom is -0.448 e. The Hall–Kier alpha value is -3.12. The summed E-state index contributed by atoms with van der Waals surface area (Å²) in [7, 11) is 0. The molecule has 0 bridgehead atoms. The first-order valence-corrected chi connectivity index (χ1v) is 9.97. The first-order chi connectivity index (χ1) is 13.7. The van der Waals surface area contributed by atoms with Crippen molar-refractivity contribution >= 4 is 23.5 Å². The van der Waals surface area contributed by atoms with Crippen molar-refractivity contribution in [3.05, 3.63) is 78.4 Å². The third-order valence-electron chi connectivity index (χ3n) is 4.27. The van der Waals surface area contributed by atoms with Crippen molar-refractivity contribution in [2.75, 3.05) is 11.1 Å². The van der Waals surface area contributed by atoms with Gasteiger partial charge in [0.1, 0.15) is 0 Å². The predicted octanol–water partition coefficient (Wildman–Crippen LogP) is 5.05. The molecule has 1 unspecified atom stereocenters. The van der Waals surface area contributed by atoms with Gasteiger partial charge >= 0.3 is 0 Å². The van der Waals surface area contributed by atoms with Gasteiger partial charge in [-0.15, -0.1) is 16.8 Å². The molecule has 0 fully saturated rings. The molecule has 0 aliphatic carbocycles. The third kappa shape index (κ3) is 3.92. The van der Waals surface area contributed by atoms with Gasteiger partial charge in [0.05, 0.1) is 0 Å². The predicted molar refractivity (Wildman–Crippen MR) is 114 cm³/mol. The fourth-order valence-corrected chi connectivity index (χ4v) is 3.45. The monoisotopic (exact) mass is 388 g/mol. The molecule has 140 valence electrons. The van der Waals surface area contributed by atoms with E-state index in [4.69, 9.17) is 4.74 Å². The maximum Gasteiger partial charge on any atom is 0.247 e. The van der Waals surface area contributed by atoms with Crippen LogP contribution in [0.2, 0.25) is 0 Å². The quantitative estimate of drug-likeness (QED) is 0.487. The molecule has 1 aliphatic rings. The summed E-state index contributed by atoms with van der Waals surface area (Å²) in [4.78, 5) is 4.60. The lowest BCUT2D eigenvalue weighted by molar-refractivity contribution is 0.255. The number of hydrogen-bond donors (Lipinski definition) is 1. The summed E-state index contributed by atoms with van der Waals surface area (Å²) < 4.78 is 6.26. The highest BCUT2D eigenvalue weighted by atomic mass is 32.2. The van der Waals surface area contributed by atoms with Crippen molar-refractivity contribution < 1.29 is 4.74 Å². The number of ether oxygens (including phenoxy) is 1. The van der Waals surface area contributed by atoms with Crippen molar-refractivity contribution in [2.24, 2.45) is 0 Å². The zero-order chi connectivity index (χ0) is 19.3. The zero-order valence-corrected chi connectivity index (χ0v) is 16.3. The number of fused-ring (bicyclic) bond motifs is 3. The van der Waals surface area contributed by atoms with Crippen LogP contribution in [0, 0.1) is 0 Å². The van der Waals surface area contributed by atoms with Crippen molar-refractivity contribution in [1.29, 1.82) is 0 Å². The second-order valence-corrected chi connectivity index (χ2v) is 7.32. The summed E-state index contributed by atoms with van der Waals surface area (Å²) in [5, 5.41) is 12.7. The molecule has 3 aromatic rings. The molecule has 0 spiro atoms. The van der Waals surface area contributed by atoms with Gasteiger partial charge in [0.15, 0.2) is 11.9 Å². The van der Waals surface area contributed by atoms with Crippen LogP contribution in [-0.4, -0.2) is 27.2 Å². The molecule has 28 heavy (non-hydrogen) atoms. The molecule has 4 rings (SSSR count). The minimum absolute atomic E-state index is 0.364. The summed E-state index contributed by atoms with van der Waals surface area (Å²) in [6.45, 7) is 5.78. The fourth-order valence-electron chi connectivity index (χ4n) is 2.94. The maximum absolute atomic E-state index is 6.26. The lowest BCUT2D eigenvalue weighted by atomic mass is 10.1. The summed E-state index contributed by atoms with van der Waals surface area (Å²) >= 11 is 1.48. The van der Waals surface area contributed by atoms with E-state index in [1.165, 1.54) is 11.8 Å². The Morgan fingerprint density at radius 2 is 1.93 bits per heavy atom. The number of para-hydroxylation sites is 1. The average molecular weight is 388 g/mol.